The summed E-state index contributed by atoms with van der Waals surface area (Å²) in [7, 11) is 0. The van der Waals surface area contributed by atoms with Crippen LogP contribution in [-0.4, -0.2) is 36.5 Å². The molecule has 2 saturated heterocycles. The molecule has 0 bridgehead atoms. The molecule has 2 heterocycles. The molecule has 2 aromatic rings. The lowest BCUT2D eigenvalue weighted by molar-refractivity contribution is 0.0665. The predicted molar refractivity (Wildman–Crippen MR) is 109 cm³/mol. The Bertz CT molecular complexity index is 861. The van der Waals surface area contributed by atoms with Crippen LogP contribution >= 0.6 is 0 Å². The minimum Gasteiger partial charge on any atom is -0.339 e. The Morgan fingerprint density at radius 3 is 2.54 bits per heavy atom. The molecule has 2 aliphatic heterocycles. The van der Waals surface area contributed by atoms with Crippen molar-refractivity contribution in [3.05, 3.63) is 70.5 Å². The predicted octanol–water partition coefficient (Wildman–Crippen LogP) is 3.55. The van der Waals surface area contributed by atoms with E-state index < -0.39 is 5.82 Å². The second-order valence-electron chi connectivity index (χ2n) is 8.18. The van der Waals surface area contributed by atoms with Gasteiger partial charge in [-0.15, -0.1) is 0 Å². The maximum absolute atomic E-state index is 14.2. The fourth-order valence-corrected chi connectivity index (χ4v) is 4.61. The van der Waals surface area contributed by atoms with Crippen LogP contribution in [0.3, 0.4) is 0 Å². The van der Waals surface area contributed by atoms with E-state index >= 15 is 0 Å². The number of carbonyl (C=O) groups is 1. The number of nitrogens with zero attached hydrogens (tertiary/aromatic N) is 1. The number of halogens is 1. The van der Waals surface area contributed by atoms with Crippen LogP contribution in [0.15, 0.2) is 42.5 Å². The molecular formula is C23H28FN3O. The summed E-state index contributed by atoms with van der Waals surface area (Å²) in [5.41, 5.74) is 10.5. The van der Waals surface area contributed by atoms with E-state index in [9.17, 15) is 9.18 Å². The second-order valence-corrected chi connectivity index (χ2v) is 8.18. The first-order valence-electron chi connectivity index (χ1n) is 10.1. The van der Waals surface area contributed by atoms with Gasteiger partial charge in [-0.3, -0.25) is 15.6 Å². The van der Waals surface area contributed by atoms with Crippen molar-refractivity contribution >= 4 is 5.91 Å². The first-order valence-corrected chi connectivity index (χ1v) is 10.1. The van der Waals surface area contributed by atoms with Gasteiger partial charge >= 0.3 is 0 Å². The Morgan fingerprint density at radius 1 is 1.07 bits per heavy atom. The number of hydrogen-bond donors (Lipinski definition) is 2. The van der Waals surface area contributed by atoms with E-state index in [0.29, 0.717) is 31.0 Å². The highest BCUT2D eigenvalue weighted by Gasteiger charge is 2.37. The number of piperidine rings is 1. The molecule has 0 aromatic heterocycles. The first-order chi connectivity index (χ1) is 13.5. The smallest absolute Gasteiger partial charge is 0.256 e. The normalized spacial score (nSPS) is 23.2. The number of benzene rings is 2. The van der Waals surface area contributed by atoms with Crippen LogP contribution in [0.1, 0.15) is 45.8 Å². The lowest BCUT2D eigenvalue weighted by atomic mass is 9.80. The van der Waals surface area contributed by atoms with Gasteiger partial charge in [0.25, 0.3) is 5.91 Å². The second kappa shape index (κ2) is 8.02. The molecule has 4 nitrogen and oxygen atoms in total. The van der Waals surface area contributed by atoms with Crippen LogP contribution in [0, 0.1) is 25.6 Å². The molecule has 1 amide bonds. The third-order valence-electron chi connectivity index (χ3n) is 6.18. The molecule has 2 unspecified atom stereocenters. The molecule has 5 heteroatoms. The van der Waals surface area contributed by atoms with Gasteiger partial charge in [-0.25, -0.2) is 4.39 Å². The minimum absolute atomic E-state index is 0.183. The summed E-state index contributed by atoms with van der Waals surface area (Å²) in [4.78, 5) is 14.5. The Hall–Kier alpha value is -2.24. The zero-order chi connectivity index (χ0) is 19.7. The summed E-state index contributed by atoms with van der Waals surface area (Å²) in [5.74, 6) is 0.311. The summed E-state index contributed by atoms with van der Waals surface area (Å²) < 4.78 is 14.2. The van der Waals surface area contributed by atoms with Crippen molar-refractivity contribution in [3.63, 3.8) is 0 Å². The third-order valence-corrected chi connectivity index (χ3v) is 6.18. The van der Waals surface area contributed by atoms with Crippen LogP contribution in [0.2, 0.25) is 0 Å². The van der Waals surface area contributed by atoms with Gasteiger partial charge in [-0.1, -0.05) is 35.9 Å². The number of hydrogen-bond acceptors (Lipinski definition) is 3. The van der Waals surface area contributed by atoms with Crippen LogP contribution < -0.4 is 10.9 Å². The van der Waals surface area contributed by atoms with Crippen molar-refractivity contribution in [1.82, 2.24) is 15.8 Å². The molecule has 2 atom stereocenters. The topological polar surface area (TPSA) is 44.4 Å². The Labute approximate surface area is 166 Å². The zero-order valence-corrected chi connectivity index (χ0v) is 16.5. The molecule has 4 rings (SSSR count). The summed E-state index contributed by atoms with van der Waals surface area (Å²) in [6, 6.07) is 13.9. The standard InChI is InChI=1S/C23H28FN3O/c1-15-4-3-5-18(12-15)20-14-25-26-22(20)17-8-10-27(11-9-17)23(28)19-7-6-16(2)13-21(19)24/h3-7,12-13,17,20,22,25-26H,8-11,14H2,1-2H3. The van der Waals surface area contributed by atoms with Crippen LogP contribution in [0.5, 0.6) is 0 Å². The highest BCUT2D eigenvalue weighted by atomic mass is 19.1. The fourth-order valence-electron chi connectivity index (χ4n) is 4.61. The Balaban J connectivity index is 1.41. The molecule has 28 heavy (non-hydrogen) atoms. The average Bonchev–Trinajstić information content (AvgIpc) is 3.17. The lowest BCUT2D eigenvalue weighted by Gasteiger charge is -2.36. The van der Waals surface area contributed by atoms with Gasteiger partial charge in [0, 0.05) is 31.6 Å². The molecule has 0 spiro atoms. The van der Waals surface area contributed by atoms with Crippen molar-refractivity contribution in [2.24, 2.45) is 5.92 Å². The van der Waals surface area contributed by atoms with E-state index in [1.54, 1.807) is 17.0 Å². The minimum atomic E-state index is -0.423. The van der Waals surface area contributed by atoms with Crippen LogP contribution in [-0.2, 0) is 0 Å². The number of nitrogens with one attached hydrogen (secondary N) is 2. The summed E-state index contributed by atoms with van der Waals surface area (Å²) in [6.07, 6.45) is 1.86. The lowest BCUT2D eigenvalue weighted by Crippen LogP contribution is -2.46. The van der Waals surface area contributed by atoms with Gasteiger partial charge in [0.1, 0.15) is 5.82 Å². The van der Waals surface area contributed by atoms with Gasteiger partial charge in [-0.05, 0) is 55.9 Å². The monoisotopic (exact) mass is 381 g/mol. The maximum Gasteiger partial charge on any atom is 0.256 e. The van der Waals surface area contributed by atoms with E-state index in [1.165, 1.54) is 17.2 Å². The molecular weight excluding hydrogens is 353 g/mol. The van der Waals surface area contributed by atoms with Crippen molar-refractivity contribution in [2.75, 3.05) is 19.6 Å². The van der Waals surface area contributed by atoms with Gasteiger partial charge in [-0.2, -0.15) is 0 Å². The molecule has 0 aliphatic carbocycles. The number of hydrazine groups is 1. The van der Waals surface area contributed by atoms with E-state index in [1.807, 2.05) is 6.92 Å². The van der Waals surface area contributed by atoms with E-state index in [2.05, 4.69) is 42.0 Å². The molecule has 0 saturated carbocycles. The Morgan fingerprint density at radius 2 is 1.82 bits per heavy atom. The number of likely N-dealkylation sites (tertiary alicyclic amines) is 1. The molecule has 2 fully saturated rings. The number of rotatable bonds is 3. The van der Waals surface area contributed by atoms with Gasteiger partial charge in [0.05, 0.1) is 5.56 Å². The fraction of sp³-hybridized carbons (Fsp3) is 0.435. The third kappa shape index (κ3) is 3.82. The molecule has 0 radical (unpaired) electrons. The van der Waals surface area contributed by atoms with E-state index in [-0.39, 0.29) is 11.5 Å². The number of amides is 1. The highest BCUT2D eigenvalue weighted by Crippen LogP contribution is 2.33. The Kier molecular flexibility index (Phi) is 5.47. The van der Waals surface area contributed by atoms with Gasteiger partial charge in [0.15, 0.2) is 0 Å². The van der Waals surface area contributed by atoms with Gasteiger partial charge < -0.3 is 4.90 Å². The van der Waals surface area contributed by atoms with Gasteiger partial charge in [0.2, 0.25) is 0 Å². The van der Waals surface area contributed by atoms with Crippen molar-refractivity contribution in [3.8, 4) is 0 Å². The summed E-state index contributed by atoms with van der Waals surface area (Å²) in [5, 5.41) is 0. The van der Waals surface area contributed by atoms with E-state index in [4.69, 9.17) is 0 Å². The quantitative estimate of drug-likeness (QED) is 0.855. The largest absolute Gasteiger partial charge is 0.339 e. The number of carbonyl (C=O) groups excluding carboxylic acids is 1. The SMILES string of the molecule is Cc1cccc(C2CNNC2C2CCN(C(=O)c3ccc(C)cc3F)CC2)c1. The highest BCUT2D eigenvalue weighted by molar-refractivity contribution is 5.94. The number of aryl methyl sites for hydroxylation is 2. The average molecular weight is 381 g/mol. The molecule has 2 N–H and O–H groups in total. The van der Waals surface area contributed by atoms with Crippen molar-refractivity contribution in [1.29, 1.82) is 0 Å². The van der Waals surface area contributed by atoms with E-state index in [0.717, 1.165) is 24.9 Å². The van der Waals surface area contributed by atoms with Crippen molar-refractivity contribution in [2.45, 2.75) is 38.6 Å². The molecule has 2 aliphatic rings. The molecule has 148 valence electrons. The first kappa shape index (κ1) is 19.1. The van der Waals surface area contributed by atoms with Crippen LogP contribution in [0.4, 0.5) is 4.39 Å². The zero-order valence-electron chi connectivity index (χ0n) is 16.5. The summed E-state index contributed by atoms with van der Waals surface area (Å²) >= 11 is 0. The summed E-state index contributed by atoms with van der Waals surface area (Å²) in [6.45, 7) is 6.23. The maximum atomic E-state index is 14.2. The van der Waals surface area contributed by atoms with Crippen molar-refractivity contribution < 1.29 is 9.18 Å². The molecule has 2 aromatic carbocycles. The van der Waals surface area contributed by atoms with Crippen LogP contribution in [0.25, 0.3) is 0 Å².